The summed E-state index contributed by atoms with van der Waals surface area (Å²) >= 11 is 0. The summed E-state index contributed by atoms with van der Waals surface area (Å²) in [6, 6.07) is 11.6. The SMILES string of the molecule is OCc1ccc2c3c(cccc13)C=C2c1cc(F)cc(C(F)(F)F)c1. The van der Waals surface area contributed by atoms with E-state index in [-0.39, 0.29) is 12.2 Å². The van der Waals surface area contributed by atoms with Crippen molar-refractivity contribution in [3.63, 3.8) is 0 Å². The van der Waals surface area contributed by atoms with E-state index in [4.69, 9.17) is 0 Å². The predicted molar refractivity (Wildman–Crippen MR) is 88.2 cm³/mol. The zero-order chi connectivity index (χ0) is 17.8. The van der Waals surface area contributed by atoms with Gasteiger partial charge in [-0.25, -0.2) is 4.39 Å². The maximum absolute atomic E-state index is 13.8. The van der Waals surface area contributed by atoms with E-state index in [2.05, 4.69) is 0 Å². The van der Waals surface area contributed by atoms with Gasteiger partial charge in [-0.05, 0) is 62.9 Å². The fourth-order valence-corrected chi connectivity index (χ4v) is 3.36. The van der Waals surface area contributed by atoms with Crippen LogP contribution < -0.4 is 0 Å². The van der Waals surface area contributed by atoms with E-state index < -0.39 is 17.6 Å². The Balaban J connectivity index is 1.94. The smallest absolute Gasteiger partial charge is 0.392 e. The molecule has 0 radical (unpaired) electrons. The summed E-state index contributed by atoms with van der Waals surface area (Å²) in [4.78, 5) is 0. The number of halogens is 4. The van der Waals surface area contributed by atoms with Crippen molar-refractivity contribution in [2.75, 3.05) is 0 Å². The quantitative estimate of drug-likeness (QED) is 0.483. The summed E-state index contributed by atoms with van der Waals surface area (Å²) in [5.41, 5.74) is 2.03. The van der Waals surface area contributed by atoms with Gasteiger partial charge in [-0.2, -0.15) is 13.2 Å². The van der Waals surface area contributed by atoms with Gasteiger partial charge in [-0.1, -0.05) is 30.3 Å². The first-order valence-electron chi connectivity index (χ1n) is 7.64. The lowest BCUT2D eigenvalue weighted by molar-refractivity contribution is -0.137. The normalized spacial score (nSPS) is 13.4. The van der Waals surface area contributed by atoms with Crippen LogP contribution in [0.15, 0.2) is 48.5 Å². The van der Waals surface area contributed by atoms with E-state index in [0.717, 1.165) is 39.6 Å². The number of rotatable bonds is 2. The van der Waals surface area contributed by atoms with Crippen molar-refractivity contribution < 1.29 is 22.7 Å². The van der Waals surface area contributed by atoms with Crippen molar-refractivity contribution in [2.24, 2.45) is 0 Å². The Morgan fingerprint density at radius 2 is 1.76 bits per heavy atom. The minimum absolute atomic E-state index is 0.131. The van der Waals surface area contributed by atoms with Crippen molar-refractivity contribution >= 4 is 22.4 Å². The molecule has 1 nitrogen and oxygen atoms in total. The predicted octanol–water partition coefficient (Wildman–Crippen LogP) is 5.39. The first-order valence-corrected chi connectivity index (χ1v) is 7.64. The van der Waals surface area contributed by atoms with Gasteiger partial charge in [-0.3, -0.25) is 0 Å². The van der Waals surface area contributed by atoms with Crippen LogP contribution in [0.4, 0.5) is 17.6 Å². The lowest BCUT2D eigenvalue weighted by atomic mass is 9.94. The van der Waals surface area contributed by atoms with Crippen LogP contribution in [0.25, 0.3) is 22.4 Å². The molecule has 0 aliphatic heterocycles. The zero-order valence-corrected chi connectivity index (χ0v) is 12.9. The highest BCUT2D eigenvalue weighted by atomic mass is 19.4. The van der Waals surface area contributed by atoms with E-state index in [9.17, 15) is 22.7 Å². The molecule has 0 saturated heterocycles. The summed E-state index contributed by atoms with van der Waals surface area (Å²) in [7, 11) is 0. The molecule has 1 aliphatic carbocycles. The van der Waals surface area contributed by atoms with Crippen LogP contribution in [-0.2, 0) is 12.8 Å². The Bertz CT molecular complexity index is 1030. The second kappa shape index (κ2) is 5.43. The molecule has 4 rings (SSSR count). The number of hydrogen-bond acceptors (Lipinski definition) is 1. The Kier molecular flexibility index (Phi) is 3.44. The van der Waals surface area contributed by atoms with Crippen LogP contribution in [0.2, 0.25) is 0 Å². The van der Waals surface area contributed by atoms with Crippen LogP contribution in [0.1, 0.15) is 27.8 Å². The summed E-state index contributed by atoms with van der Waals surface area (Å²) in [5, 5.41) is 11.2. The molecule has 126 valence electrons. The van der Waals surface area contributed by atoms with Crippen molar-refractivity contribution in [1.29, 1.82) is 0 Å². The lowest BCUT2D eigenvalue weighted by Gasteiger charge is -2.12. The van der Waals surface area contributed by atoms with E-state index in [1.54, 1.807) is 18.2 Å². The highest BCUT2D eigenvalue weighted by Crippen LogP contribution is 2.42. The molecule has 3 aromatic rings. The van der Waals surface area contributed by atoms with Crippen molar-refractivity contribution in [3.05, 3.63) is 82.2 Å². The molecule has 0 aromatic heterocycles. The average molecular weight is 344 g/mol. The summed E-state index contributed by atoms with van der Waals surface area (Å²) in [5.74, 6) is -0.926. The molecule has 0 saturated carbocycles. The van der Waals surface area contributed by atoms with E-state index in [1.807, 2.05) is 18.2 Å². The number of benzene rings is 3. The van der Waals surface area contributed by atoms with Gasteiger partial charge in [0.2, 0.25) is 0 Å². The second-order valence-electron chi connectivity index (χ2n) is 5.98. The number of aliphatic hydroxyl groups excluding tert-OH is 1. The molecule has 0 amide bonds. The number of alkyl halides is 3. The molecule has 0 heterocycles. The Morgan fingerprint density at radius 3 is 2.48 bits per heavy atom. The molecule has 0 fully saturated rings. The van der Waals surface area contributed by atoms with Gasteiger partial charge in [0.15, 0.2) is 0 Å². The van der Waals surface area contributed by atoms with E-state index in [1.165, 1.54) is 0 Å². The zero-order valence-electron chi connectivity index (χ0n) is 12.9. The van der Waals surface area contributed by atoms with Gasteiger partial charge in [0.05, 0.1) is 12.2 Å². The second-order valence-corrected chi connectivity index (χ2v) is 5.98. The lowest BCUT2D eigenvalue weighted by Crippen LogP contribution is -2.06. The molecule has 25 heavy (non-hydrogen) atoms. The maximum Gasteiger partial charge on any atom is 0.416 e. The third-order valence-corrected chi connectivity index (χ3v) is 4.46. The monoisotopic (exact) mass is 344 g/mol. The van der Waals surface area contributed by atoms with Crippen LogP contribution in [0.5, 0.6) is 0 Å². The molecular formula is C20H12F4O. The first-order chi connectivity index (χ1) is 11.9. The largest absolute Gasteiger partial charge is 0.416 e. The van der Waals surface area contributed by atoms with E-state index in [0.29, 0.717) is 11.6 Å². The molecule has 1 aliphatic rings. The fourth-order valence-electron chi connectivity index (χ4n) is 3.36. The highest BCUT2D eigenvalue weighted by molar-refractivity contribution is 6.13. The van der Waals surface area contributed by atoms with Crippen LogP contribution in [0.3, 0.4) is 0 Å². The van der Waals surface area contributed by atoms with Crippen molar-refractivity contribution in [3.8, 4) is 0 Å². The fraction of sp³-hybridized carbons (Fsp3) is 0.100. The summed E-state index contributed by atoms with van der Waals surface area (Å²) < 4.78 is 52.8. The average Bonchev–Trinajstić information content (AvgIpc) is 2.95. The van der Waals surface area contributed by atoms with Gasteiger partial charge in [0.1, 0.15) is 5.82 Å². The molecule has 0 bridgehead atoms. The number of hydrogen-bond donors (Lipinski definition) is 1. The Hall–Kier alpha value is -2.66. The molecule has 0 atom stereocenters. The highest BCUT2D eigenvalue weighted by Gasteiger charge is 2.32. The third kappa shape index (κ3) is 2.51. The van der Waals surface area contributed by atoms with Crippen LogP contribution in [-0.4, -0.2) is 5.11 Å². The minimum Gasteiger partial charge on any atom is -0.392 e. The maximum atomic E-state index is 13.8. The summed E-state index contributed by atoms with van der Waals surface area (Å²) in [6.45, 7) is -0.131. The van der Waals surface area contributed by atoms with Gasteiger partial charge in [-0.15, -0.1) is 0 Å². The van der Waals surface area contributed by atoms with Crippen molar-refractivity contribution in [2.45, 2.75) is 12.8 Å². The summed E-state index contributed by atoms with van der Waals surface area (Å²) in [6.07, 6.45) is -2.85. The van der Waals surface area contributed by atoms with Crippen LogP contribution >= 0.6 is 0 Å². The molecule has 1 N–H and O–H groups in total. The van der Waals surface area contributed by atoms with Gasteiger partial charge in [0.25, 0.3) is 0 Å². The number of aliphatic hydroxyl groups is 1. The minimum atomic E-state index is -4.61. The first kappa shape index (κ1) is 15.8. The molecular weight excluding hydrogens is 332 g/mol. The Morgan fingerprint density at radius 1 is 0.960 bits per heavy atom. The molecule has 3 aromatic carbocycles. The van der Waals surface area contributed by atoms with Gasteiger partial charge < -0.3 is 5.11 Å². The van der Waals surface area contributed by atoms with Crippen molar-refractivity contribution in [1.82, 2.24) is 0 Å². The van der Waals surface area contributed by atoms with Gasteiger partial charge >= 0.3 is 6.18 Å². The van der Waals surface area contributed by atoms with Crippen LogP contribution in [0, 0.1) is 5.82 Å². The standard InChI is InChI=1S/C20H12F4O/c21-15-7-13(6-14(9-15)20(22,23)24)18-8-11-2-1-3-16-12(10-25)4-5-17(18)19(11)16/h1-9,25H,10H2. The van der Waals surface area contributed by atoms with E-state index >= 15 is 0 Å². The van der Waals surface area contributed by atoms with Gasteiger partial charge in [0, 0.05) is 0 Å². The topological polar surface area (TPSA) is 20.2 Å². The Labute approximate surface area is 140 Å². The molecule has 0 spiro atoms. The molecule has 0 unspecified atom stereocenters. The third-order valence-electron chi connectivity index (χ3n) is 4.46. The molecule has 5 heteroatoms.